The summed E-state index contributed by atoms with van der Waals surface area (Å²) in [5.74, 6) is -0.00973. The molecule has 0 saturated carbocycles. The van der Waals surface area contributed by atoms with Gasteiger partial charge in [-0.2, -0.15) is 0 Å². The smallest absolute Gasteiger partial charge is 0.275 e. The Bertz CT molecular complexity index is 770. The number of hydrogen-bond acceptors (Lipinski definition) is 5. The SMILES string of the molecule is CCS(=O)(=O)c1cccnc1C(=O)Nc1ccc(OC)cc1. The van der Waals surface area contributed by atoms with E-state index in [0.717, 1.165) is 0 Å². The van der Waals surface area contributed by atoms with E-state index in [0.29, 0.717) is 11.4 Å². The number of carbonyl (C=O) groups is 1. The van der Waals surface area contributed by atoms with Gasteiger partial charge in [0.25, 0.3) is 5.91 Å². The minimum Gasteiger partial charge on any atom is -0.497 e. The number of rotatable bonds is 5. The first-order chi connectivity index (χ1) is 10.5. The molecule has 0 unspecified atom stereocenters. The van der Waals surface area contributed by atoms with Gasteiger partial charge in [0, 0.05) is 11.9 Å². The van der Waals surface area contributed by atoms with E-state index < -0.39 is 15.7 Å². The maximum absolute atomic E-state index is 12.3. The van der Waals surface area contributed by atoms with Gasteiger partial charge < -0.3 is 10.1 Å². The zero-order valence-electron chi connectivity index (χ0n) is 12.2. The number of nitrogens with zero attached hydrogens (tertiary/aromatic N) is 1. The van der Waals surface area contributed by atoms with Crippen molar-refractivity contribution >= 4 is 21.4 Å². The number of sulfone groups is 1. The van der Waals surface area contributed by atoms with Gasteiger partial charge in [-0.05, 0) is 36.4 Å². The zero-order chi connectivity index (χ0) is 16.2. The topological polar surface area (TPSA) is 85.4 Å². The van der Waals surface area contributed by atoms with E-state index in [9.17, 15) is 13.2 Å². The minimum absolute atomic E-state index is 0.0662. The summed E-state index contributed by atoms with van der Waals surface area (Å²) in [7, 11) is -1.98. The molecule has 1 amide bonds. The Hall–Kier alpha value is -2.41. The molecule has 0 atom stereocenters. The van der Waals surface area contributed by atoms with Gasteiger partial charge in [0.15, 0.2) is 9.84 Å². The molecule has 0 aliphatic heterocycles. The molecule has 0 spiro atoms. The van der Waals surface area contributed by atoms with Gasteiger partial charge in [-0.25, -0.2) is 13.4 Å². The number of nitrogens with one attached hydrogen (secondary N) is 1. The van der Waals surface area contributed by atoms with Crippen LogP contribution in [0.25, 0.3) is 0 Å². The molecular formula is C15H16N2O4S. The van der Waals surface area contributed by atoms with E-state index in [-0.39, 0.29) is 16.3 Å². The molecule has 1 aromatic heterocycles. The average molecular weight is 320 g/mol. The summed E-state index contributed by atoms with van der Waals surface area (Å²) in [5, 5.41) is 2.62. The predicted molar refractivity (Wildman–Crippen MR) is 82.9 cm³/mol. The largest absolute Gasteiger partial charge is 0.497 e. The monoisotopic (exact) mass is 320 g/mol. The van der Waals surface area contributed by atoms with E-state index in [1.807, 2.05) is 0 Å². The van der Waals surface area contributed by atoms with Gasteiger partial charge in [-0.3, -0.25) is 4.79 Å². The molecule has 0 aliphatic rings. The van der Waals surface area contributed by atoms with Crippen molar-refractivity contribution < 1.29 is 17.9 Å². The van der Waals surface area contributed by atoms with Crippen molar-refractivity contribution in [2.45, 2.75) is 11.8 Å². The fraction of sp³-hybridized carbons (Fsp3) is 0.200. The summed E-state index contributed by atoms with van der Waals surface area (Å²) in [6.45, 7) is 1.52. The van der Waals surface area contributed by atoms with Crippen molar-refractivity contribution in [3.05, 3.63) is 48.3 Å². The third kappa shape index (κ3) is 3.43. The van der Waals surface area contributed by atoms with Crippen LogP contribution in [0.3, 0.4) is 0 Å². The Balaban J connectivity index is 2.30. The lowest BCUT2D eigenvalue weighted by atomic mass is 10.3. The van der Waals surface area contributed by atoms with Gasteiger partial charge in [0.05, 0.1) is 17.8 Å². The summed E-state index contributed by atoms with van der Waals surface area (Å²) in [6, 6.07) is 9.58. The number of carbonyl (C=O) groups excluding carboxylic acids is 1. The summed E-state index contributed by atoms with van der Waals surface area (Å²) < 4.78 is 29.1. The lowest BCUT2D eigenvalue weighted by Gasteiger charge is -2.09. The quantitative estimate of drug-likeness (QED) is 0.912. The van der Waals surface area contributed by atoms with Crippen LogP contribution in [-0.2, 0) is 9.84 Å². The number of pyridine rings is 1. The molecule has 116 valence electrons. The lowest BCUT2D eigenvalue weighted by molar-refractivity contribution is 0.101. The predicted octanol–water partition coefficient (Wildman–Crippen LogP) is 2.14. The van der Waals surface area contributed by atoms with Crippen LogP contribution in [0.2, 0.25) is 0 Å². The highest BCUT2D eigenvalue weighted by Crippen LogP contribution is 2.18. The number of ether oxygens (including phenoxy) is 1. The molecular weight excluding hydrogens is 304 g/mol. The van der Waals surface area contributed by atoms with Crippen LogP contribution < -0.4 is 10.1 Å². The first-order valence-corrected chi connectivity index (χ1v) is 8.26. The standard InChI is InChI=1S/C15H16N2O4S/c1-3-22(19,20)13-5-4-10-16-14(13)15(18)17-11-6-8-12(21-2)9-7-11/h4-10H,3H2,1-2H3,(H,17,18). The third-order valence-electron chi connectivity index (χ3n) is 3.05. The Labute approximate surface area is 129 Å². The van der Waals surface area contributed by atoms with Crippen LogP contribution in [0.1, 0.15) is 17.4 Å². The van der Waals surface area contributed by atoms with E-state index in [1.165, 1.54) is 25.3 Å². The van der Waals surface area contributed by atoms with Crippen LogP contribution in [0.15, 0.2) is 47.5 Å². The van der Waals surface area contributed by atoms with Crippen molar-refractivity contribution in [2.75, 3.05) is 18.2 Å². The molecule has 0 bridgehead atoms. The van der Waals surface area contributed by atoms with Gasteiger partial charge in [-0.15, -0.1) is 0 Å². The number of amides is 1. The minimum atomic E-state index is -3.52. The molecule has 1 N–H and O–H groups in total. The van der Waals surface area contributed by atoms with Crippen molar-refractivity contribution in [1.29, 1.82) is 0 Å². The summed E-state index contributed by atoms with van der Waals surface area (Å²) >= 11 is 0. The molecule has 0 saturated heterocycles. The van der Waals surface area contributed by atoms with Crippen LogP contribution in [-0.4, -0.2) is 32.2 Å². The lowest BCUT2D eigenvalue weighted by Crippen LogP contribution is -2.18. The number of aromatic nitrogens is 1. The van der Waals surface area contributed by atoms with Gasteiger partial charge >= 0.3 is 0 Å². The maximum atomic E-state index is 12.3. The third-order valence-corrected chi connectivity index (χ3v) is 4.81. The van der Waals surface area contributed by atoms with Crippen molar-refractivity contribution in [2.24, 2.45) is 0 Å². The molecule has 7 heteroatoms. The Morgan fingerprint density at radius 2 is 1.91 bits per heavy atom. The second kappa shape index (κ2) is 6.57. The summed E-state index contributed by atoms with van der Waals surface area (Å²) in [6.07, 6.45) is 1.39. The van der Waals surface area contributed by atoms with Crippen molar-refractivity contribution in [3.8, 4) is 5.75 Å². The number of benzene rings is 1. The second-order valence-corrected chi connectivity index (χ2v) is 6.68. The fourth-order valence-corrected chi connectivity index (χ4v) is 2.87. The number of hydrogen-bond donors (Lipinski definition) is 1. The van der Waals surface area contributed by atoms with E-state index in [2.05, 4.69) is 10.3 Å². The maximum Gasteiger partial charge on any atom is 0.275 e. The zero-order valence-corrected chi connectivity index (χ0v) is 13.1. The van der Waals surface area contributed by atoms with Crippen LogP contribution in [0.4, 0.5) is 5.69 Å². The fourth-order valence-electron chi connectivity index (χ4n) is 1.83. The molecule has 0 fully saturated rings. The van der Waals surface area contributed by atoms with Crippen LogP contribution in [0, 0.1) is 0 Å². The van der Waals surface area contributed by atoms with Crippen molar-refractivity contribution in [1.82, 2.24) is 4.98 Å². The Morgan fingerprint density at radius 1 is 1.23 bits per heavy atom. The highest BCUT2D eigenvalue weighted by atomic mass is 32.2. The molecule has 2 rings (SSSR count). The molecule has 2 aromatic rings. The average Bonchev–Trinajstić information content (AvgIpc) is 2.55. The first kappa shape index (κ1) is 16.0. The summed E-state index contributed by atoms with van der Waals surface area (Å²) in [4.78, 5) is 16.1. The normalized spacial score (nSPS) is 11.0. The molecule has 6 nitrogen and oxygen atoms in total. The Morgan fingerprint density at radius 3 is 2.50 bits per heavy atom. The summed E-state index contributed by atoms with van der Waals surface area (Å²) in [5.41, 5.74) is 0.413. The molecule has 1 heterocycles. The van der Waals surface area contributed by atoms with Crippen LogP contribution >= 0.6 is 0 Å². The number of anilines is 1. The molecule has 0 radical (unpaired) electrons. The number of methoxy groups -OCH3 is 1. The van der Waals surface area contributed by atoms with Gasteiger partial charge in [0.2, 0.25) is 0 Å². The van der Waals surface area contributed by atoms with Crippen molar-refractivity contribution in [3.63, 3.8) is 0 Å². The molecule has 22 heavy (non-hydrogen) atoms. The van der Waals surface area contributed by atoms with E-state index in [4.69, 9.17) is 4.74 Å². The highest BCUT2D eigenvalue weighted by molar-refractivity contribution is 7.91. The van der Waals surface area contributed by atoms with E-state index in [1.54, 1.807) is 31.4 Å². The first-order valence-electron chi connectivity index (χ1n) is 6.61. The van der Waals surface area contributed by atoms with Gasteiger partial charge in [-0.1, -0.05) is 6.92 Å². The van der Waals surface area contributed by atoms with Crippen LogP contribution in [0.5, 0.6) is 5.75 Å². The highest BCUT2D eigenvalue weighted by Gasteiger charge is 2.22. The van der Waals surface area contributed by atoms with E-state index >= 15 is 0 Å². The molecule has 0 aliphatic carbocycles. The molecule has 1 aromatic carbocycles. The Kier molecular flexibility index (Phi) is 4.77. The van der Waals surface area contributed by atoms with Gasteiger partial charge in [0.1, 0.15) is 11.4 Å². The second-order valence-electron chi connectivity index (χ2n) is 4.44.